The lowest BCUT2D eigenvalue weighted by atomic mass is 10.1. The van der Waals surface area contributed by atoms with E-state index in [0.29, 0.717) is 12.4 Å². The highest BCUT2D eigenvalue weighted by Crippen LogP contribution is 2.28. The van der Waals surface area contributed by atoms with Crippen molar-refractivity contribution in [1.29, 1.82) is 0 Å². The molecule has 0 amide bonds. The Morgan fingerprint density at radius 1 is 1.10 bits per heavy atom. The van der Waals surface area contributed by atoms with Crippen molar-refractivity contribution in [2.75, 3.05) is 25.7 Å². The third kappa shape index (κ3) is 3.81. The molecule has 0 radical (unpaired) electrons. The van der Waals surface area contributed by atoms with E-state index in [-0.39, 0.29) is 5.75 Å². The van der Waals surface area contributed by atoms with E-state index >= 15 is 0 Å². The smallest absolute Gasteiger partial charge is 0.161 e. The second-order valence-electron chi connectivity index (χ2n) is 4.79. The zero-order valence-corrected chi connectivity index (χ0v) is 12.7. The van der Waals surface area contributed by atoms with Crippen molar-refractivity contribution < 1.29 is 14.6 Å². The van der Waals surface area contributed by atoms with Crippen molar-refractivity contribution in [1.82, 2.24) is 0 Å². The number of hydrogen-bond acceptors (Lipinski definition) is 4. The number of phenols is 1. The summed E-state index contributed by atoms with van der Waals surface area (Å²) in [5, 5.41) is 9.72. The van der Waals surface area contributed by atoms with Crippen LogP contribution in [-0.2, 0) is 6.54 Å². The quantitative estimate of drug-likeness (QED) is 0.883. The summed E-state index contributed by atoms with van der Waals surface area (Å²) in [5.41, 5.74) is 2.18. The molecule has 0 spiro atoms. The maximum absolute atomic E-state index is 9.72. The van der Waals surface area contributed by atoms with E-state index in [0.717, 1.165) is 23.5 Å². The van der Waals surface area contributed by atoms with Crippen LogP contribution in [0.4, 0.5) is 5.69 Å². The van der Waals surface area contributed by atoms with Crippen LogP contribution >= 0.6 is 0 Å². The molecule has 112 valence electrons. The standard InChI is InChI=1S/C17H21NO3/c1-4-21-17-11-13(5-10-16(17)19)12-18(2)14-6-8-15(20-3)9-7-14/h5-11,19H,4,12H2,1-3H3. The average molecular weight is 287 g/mol. The minimum atomic E-state index is 0.174. The Balaban J connectivity index is 2.11. The van der Waals surface area contributed by atoms with Crippen LogP contribution < -0.4 is 14.4 Å². The van der Waals surface area contributed by atoms with Gasteiger partial charge < -0.3 is 19.5 Å². The molecule has 4 heteroatoms. The molecule has 0 aliphatic rings. The Morgan fingerprint density at radius 3 is 2.43 bits per heavy atom. The predicted octanol–water partition coefficient (Wildman–Crippen LogP) is 3.44. The van der Waals surface area contributed by atoms with E-state index in [4.69, 9.17) is 9.47 Å². The van der Waals surface area contributed by atoms with Crippen LogP contribution in [0.3, 0.4) is 0 Å². The van der Waals surface area contributed by atoms with Crippen LogP contribution in [0.5, 0.6) is 17.2 Å². The summed E-state index contributed by atoms with van der Waals surface area (Å²) in [6.07, 6.45) is 0. The van der Waals surface area contributed by atoms with Crippen molar-refractivity contribution in [3.8, 4) is 17.2 Å². The van der Waals surface area contributed by atoms with E-state index in [1.165, 1.54) is 0 Å². The van der Waals surface area contributed by atoms with Gasteiger partial charge in [-0.05, 0) is 48.9 Å². The molecule has 0 heterocycles. The number of nitrogens with zero attached hydrogens (tertiary/aromatic N) is 1. The summed E-state index contributed by atoms with van der Waals surface area (Å²) in [6.45, 7) is 3.16. The van der Waals surface area contributed by atoms with E-state index < -0.39 is 0 Å². The first-order valence-electron chi connectivity index (χ1n) is 6.94. The van der Waals surface area contributed by atoms with Gasteiger partial charge in [0.25, 0.3) is 0 Å². The maximum Gasteiger partial charge on any atom is 0.161 e. The van der Waals surface area contributed by atoms with Gasteiger partial charge in [0.05, 0.1) is 13.7 Å². The van der Waals surface area contributed by atoms with Gasteiger partial charge in [-0.25, -0.2) is 0 Å². The second-order valence-corrected chi connectivity index (χ2v) is 4.79. The summed E-state index contributed by atoms with van der Waals surface area (Å²) in [5.74, 6) is 1.54. The average Bonchev–Trinajstić information content (AvgIpc) is 2.51. The monoisotopic (exact) mass is 287 g/mol. The molecule has 0 aliphatic heterocycles. The first kappa shape index (κ1) is 15.0. The molecule has 0 aromatic heterocycles. The molecule has 21 heavy (non-hydrogen) atoms. The fraction of sp³-hybridized carbons (Fsp3) is 0.294. The number of benzene rings is 2. The molecule has 0 atom stereocenters. The van der Waals surface area contributed by atoms with Crippen molar-refractivity contribution in [2.24, 2.45) is 0 Å². The molecule has 2 rings (SSSR count). The summed E-state index contributed by atoms with van der Waals surface area (Å²) in [6, 6.07) is 13.4. The van der Waals surface area contributed by atoms with Gasteiger partial charge in [-0.15, -0.1) is 0 Å². The molecule has 0 bridgehead atoms. The molecule has 1 N–H and O–H groups in total. The van der Waals surface area contributed by atoms with Crippen LogP contribution in [0.15, 0.2) is 42.5 Å². The van der Waals surface area contributed by atoms with Gasteiger partial charge in [-0.2, -0.15) is 0 Å². The minimum absolute atomic E-state index is 0.174. The van der Waals surface area contributed by atoms with E-state index in [9.17, 15) is 5.11 Å². The van der Waals surface area contributed by atoms with E-state index in [1.54, 1.807) is 13.2 Å². The lowest BCUT2D eigenvalue weighted by Crippen LogP contribution is -2.16. The first-order valence-corrected chi connectivity index (χ1v) is 6.94. The SMILES string of the molecule is CCOc1cc(CN(C)c2ccc(OC)cc2)ccc1O. The number of phenolic OH excluding ortho intramolecular Hbond substituents is 1. The number of ether oxygens (including phenoxy) is 2. The van der Waals surface area contributed by atoms with E-state index in [2.05, 4.69) is 4.90 Å². The lowest BCUT2D eigenvalue weighted by Gasteiger charge is -2.20. The Morgan fingerprint density at radius 2 is 1.81 bits per heavy atom. The third-order valence-electron chi connectivity index (χ3n) is 3.26. The van der Waals surface area contributed by atoms with Crippen molar-refractivity contribution in [2.45, 2.75) is 13.5 Å². The van der Waals surface area contributed by atoms with Gasteiger partial charge in [0.15, 0.2) is 11.5 Å². The van der Waals surface area contributed by atoms with Gasteiger partial charge in [0.1, 0.15) is 5.75 Å². The van der Waals surface area contributed by atoms with Crippen molar-refractivity contribution in [3.63, 3.8) is 0 Å². The Hall–Kier alpha value is -2.36. The molecule has 4 nitrogen and oxygen atoms in total. The topological polar surface area (TPSA) is 41.9 Å². The molecule has 2 aromatic carbocycles. The normalized spacial score (nSPS) is 10.2. The van der Waals surface area contributed by atoms with Crippen LogP contribution in [0.2, 0.25) is 0 Å². The molecule has 0 fully saturated rings. The fourth-order valence-electron chi connectivity index (χ4n) is 2.13. The summed E-state index contributed by atoms with van der Waals surface area (Å²) < 4.78 is 10.6. The molecule has 2 aromatic rings. The van der Waals surface area contributed by atoms with Crippen LogP contribution in [0.1, 0.15) is 12.5 Å². The van der Waals surface area contributed by atoms with Crippen molar-refractivity contribution >= 4 is 5.69 Å². The number of hydrogen-bond donors (Lipinski definition) is 1. The number of rotatable bonds is 6. The maximum atomic E-state index is 9.72. The molecular weight excluding hydrogens is 266 g/mol. The van der Waals surface area contributed by atoms with Gasteiger partial charge in [0.2, 0.25) is 0 Å². The van der Waals surface area contributed by atoms with Crippen LogP contribution in [-0.4, -0.2) is 25.9 Å². The number of methoxy groups -OCH3 is 1. The molecule has 0 saturated carbocycles. The molecule has 0 aliphatic carbocycles. The second kappa shape index (κ2) is 6.88. The third-order valence-corrected chi connectivity index (χ3v) is 3.26. The summed E-state index contributed by atoms with van der Waals surface area (Å²) >= 11 is 0. The Kier molecular flexibility index (Phi) is 4.93. The first-order chi connectivity index (χ1) is 10.1. The highest BCUT2D eigenvalue weighted by atomic mass is 16.5. The number of anilines is 1. The number of aromatic hydroxyl groups is 1. The molecule has 0 unspecified atom stereocenters. The largest absolute Gasteiger partial charge is 0.504 e. The Labute approximate surface area is 125 Å². The zero-order chi connectivity index (χ0) is 15.2. The van der Waals surface area contributed by atoms with Gasteiger partial charge in [-0.3, -0.25) is 0 Å². The summed E-state index contributed by atoms with van der Waals surface area (Å²) in [7, 11) is 3.68. The molecule has 0 saturated heterocycles. The highest BCUT2D eigenvalue weighted by Gasteiger charge is 2.07. The fourth-order valence-corrected chi connectivity index (χ4v) is 2.13. The van der Waals surface area contributed by atoms with Gasteiger partial charge in [0, 0.05) is 19.3 Å². The van der Waals surface area contributed by atoms with Crippen LogP contribution in [0, 0.1) is 0 Å². The molecular formula is C17H21NO3. The highest BCUT2D eigenvalue weighted by molar-refractivity contribution is 5.50. The van der Waals surface area contributed by atoms with E-state index in [1.807, 2.05) is 50.4 Å². The minimum Gasteiger partial charge on any atom is -0.504 e. The lowest BCUT2D eigenvalue weighted by molar-refractivity contribution is 0.318. The zero-order valence-electron chi connectivity index (χ0n) is 12.7. The predicted molar refractivity (Wildman–Crippen MR) is 84.4 cm³/mol. The van der Waals surface area contributed by atoms with Crippen LogP contribution in [0.25, 0.3) is 0 Å². The Bertz CT molecular complexity index is 581. The summed E-state index contributed by atoms with van der Waals surface area (Å²) in [4.78, 5) is 2.13. The van der Waals surface area contributed by atoms with Gasteiger partial charge in [-0.1, -0.05) is 6.07 Å². The van der Waals surface area contributed by atoms with Crippen molar-refractivity contribution in [3.05, 3.63) is 48.0 Å². The van der Waals surface area contributed by atoms with Gasteiger partial charge >= 0.3 is 0 Å².